The third-order valence-electron chi connectivity index (χ3n) is 2.82. The van der Waals surface area contributed by atoms with Gasteiger partial charge in [0.25, 0.3) is 0 Å². The van der Waals surface area contributed by atoms with Crippen molar-refractivity contribution in [3.63, 3.8) is 0 Å². The summed E-state index contributed by atoms with van der Waals surface area (Å²) < 4.78 is 0. The van der Waals surface area contributed by atoms with Crippen LogP contribution >= 0.6 is 0 Å². The maximum absolute atomic E-state index is 9.85. The summed E-state index contributed by atoms with van der Waals surface area (Å²) in [5, 5.41) is 9.85. The first-order chi connectivity index (χ1) is 4.79. The number of allylic oxidation sites excluding steroid dienone is 1. The summed E-state index contributed by atoms with van der Waals surface area (Å²) in [6, 6.07) is 0. The molecule has 2 unspecified atom stereocenters. The molecule has 2 bridgehead atoms. The van der Waals surface area contributed by atoms with E-state index in [1.807, 2.05) is 0 Å². The molecule has 0 heterocycles. The molecule has 1 saturated carbocycles. The molecule has 1 heteroatoms. The fourth-order valence-corrected chi connectivity index (χ4v) is 2.19. The van der Waals surface area contributed by atoms with Crippen LogP contribution in [0.1, 0.15) is 32.1 Å². The molecule has 0 aromatic rings. The Morgan fingerprint density at radius 3 is 3.20 bits per heavy atom. The SMILES string of the molecule is OC12CC=CCC(CC1)C2. The highest BCUT2D eigenvalue weighted by Crippen LogP contribution is 2.40. The van der Waals surface area contributed by atoms with E-state index in [1.54, 1.807) is 0 Å². The van der Waals surface area contributed by atoms with Gasteiger partial charge in [0.2, 0.25) is 0 Å². The van der Waals surface area contributed by atoms with E-state index < -0.39 is 0 Å². The smallest absolute Gasteiger partial charge is 0.0684 e. The van der Waals surface area contributed by atoms with Crippen molar-refractivity contribution in [2.24, 2.45) is 5.92 Å². The molecule has 0 spiro atoms. The normalized spacial score (nSPS) is 45.5. The topological polar surface area (TPSA) is 20.2 Å². The van der Waals surface area contributed by atoms with Crippen LogP contribution in [0.25, 0.3) is 0 Å². The second-order valence-corrected chi connectivity index (χ2v) is 3.74. The average molecular weight is 138 g/mol. The van der Waals surface area contributed by atoms with E-state index in [1.165, 1.54) is 12.8 Å². The molecule has 2 atom stereocenters. The van der Waals surface area contributed by atoms with Crippen LogP contribution in [0.3, 0.4) is 0 Å². The summed E-state index contributed by atoms with van der Waals surface area (Å²) in [6.07, 6.45) is 9.76. The maximum atomic E-state index is 9.85. The number of hydrogen-bond donors (Lipinski definition) is 1. The van der Waals surface area contributed by atoms with Crippen molar-refractivity contribution in [2.75, 3.05) is 0 Å². The molecule has 2 aliphatic carbocycles. The quantitative estimate of drug-likeness (QED) is 0.507. The van der Waals surface area contributed by atoms with Gasteiger partial charge in [-0.15, -0.1) is 0 Å². The zero-order chi connectivity index (χ0) is 7.03. The molecule has 1 N–H and O–H groups in total. The number of hydrogen-bond acceptors (Lipinski definition) is 1. The van der Waals surface area contributed by atoms with Crippen molar-refractivity contribution in [1.82, 2.24) is 0 Å². The second kappa shape index (κ2) is 2.09. The fraction of sp³-hybridized carbons (Fsp3) is 0.778. The van der Waals surface area contributed by atoms with Crippen molar-refractivity contribution in [2.45, 2.75) is 37.7 Å². The lowest BCUT2D eigenvalue weighted by Crippen LogP contribution is -2.22. The molecular formula is C9H14O. The predicted octanol–water partition coefficient (Wildman–Crippen LogP) is 1.87. The van der Waals surface area contributed by atoms with Gasteiger partial charge in [-0.1, -0.05) is 12.2 Å². The number of fused-ring (bicyclic) bond motifs is 2. The Bertz CT molecular complexity index is 162. The van der Waals surface area contributed by atoms with E-state index in [4.69, 9.17) is 0 Å². The van der Waals surface area contributed by atoms with Crippen LogP contribution < -0.4 is 0 Å². The van der Waals surface area contributed by atoms with Crippen LogP contribution in [-0.2, 0) is 0 Å². The minimum atomic E-state index is -0.308. The van der Waals surface area contributed by atoms with Crippen LogP contribution in [0.5, 0.6) is 0 Å². The average Bonchev–Trinajstić information content (AvgIpc) is 2.11. The Balaban J connectivity index is 2.18. The zero-order valence-electron chi connectivity index (χ0n) is 6.21. The summed E-state index contributed by atoms with van der Waals surface area (Å²) in [5.74, 6) is 0.781. The van der Waals surface area contributed by atoms with Gasteiger partial charge >= 0.3 is 0 Å². The molecule has 1 nitrogen and oxygen atoms in total. The monoisotopic (exact) mass is 138 g/mol. The molecule has 2 aliphatic rings. The zero-order valence-corrected chi connectivity index (χ0v) is 6.21. The molecule has 2 rings (SSSR count). The summed E-state index contributed by atoms with van der Waals surface area (Å²) in [4.78, 5) is 0. The summed E-state index contributed by atoms with van der Waals surface area (Å²) in [6.45, 7) is 0. The lowest BCUT2D eigenvalue weighted by atomic mass is 9.98. The van der Waals surface area contributed by atoms with Gasteiger partial charge in [0.05, 0.1) is 5.60 Å². The lowest BCUT2D eigenvalue weighted by Gasteiger charge is -2.18. The van der Waals surface area contributed by atoms with Gasteiger partial charge in [-0.05, 0) is 38.0 Å². The van der Waals surface area contributed by atoms with Gasteiger partial charge < -0.3 is 5.11 Å². The van der Waals surface area contributed by atoms with Crippen molar-refractivity contribution >= 4 is 0 Å². The lowest BCUT2D eigenvalue weighted by molar-refractivity contribution is 0.0482. The molecule has 10 heavy (non-hydrogen) atoms. The molecular weight excluding hydrogens is 124 g/mol. The van der Waals surface area contributed by atoms with Crippen molar-refractivity contribution < 1.29 is 5.11 Å². The Morgan fingerprint density at radius 2 is 2.30 bits per heavy atom. The minimum Gasteiger partial charge on any atom is -0.390 e. The van der Waals surface area contributed by atoms with Crippen LogP contribution in [-0.4, -0.2) is 10.7 Å². The summed E-state index contributed by atoms with van der Waals surface area (Å²) in [5.41, 5.74) is -0.308. The van der Waals surface area contributed by atoms with Gasteiger partial charge in [0.15, 0.2) is 0 Å². The van der Waals surface area contributed by atoms with E-state index in [0.29, 0.717) is 0 Å². The molecule has 0 aromatic carbocycles. The van der Waals surface area contributed by atoms with Gasteiger partial charge in [-0.3, -0.25) is 0 Å². The van der Waals surface area contributed by atoms with E-state index >= 15 is 0 Å². The van der Waals surface area contributed by atoms with Crippen LogP contribution in [0.15, 0.2) is 12.2 Å². The number of rotatable bonds is 0. The van der Waals surface area contributed by atoms with Gasteiger partial charge in [0, 0.05) is 0 Å². The fourth-order valence-electron chi connectivity index (χ4n) is 2.19. The Kier molecular flexibility index (Phi) is 1.34. The molecule has 0 amide bonds. The highest BCUT2D eigenvalue weighted by Gasteiger charge is 2.36. The van der Waals surface area contributed by atoms with E-state index in [9.17, 15) is 5.11 Å². The first-order valence-corrected chi connectivity index (χ1v) is 4.16. The standard InChI is InChI=1S/C9H14O/c10-9-5-2-1-3-8(7-9)4-6-9/h1-2,8,10H,3-7H2. The summed E-state index contributed by atoms with van der Waals surface area (Å²) >= 11 is 0. The molecule has 1 fully saturated rings. The highest BCUT2D eigenvalue weighted by atomic mass is 16.3. The first kappa shape index (κ1) is 6.41. The van der Waals surface area contributed by atoms with E-state index in [0.717, 1.165) is 25.2 Å². The van der Waals surface area contributed by atoms with Crippen LogP contribution in [0, 0.1) is 5.92 Å². The van der Waals surface area contributed by atoms with E-state index in [-0.39, 0.29) is 5.60 Å². The Morgan fingerprint density at radius 1 is 1.40 bits per heavy atom. The van der Waals surface area contributed by atoms with Crippen LogP contribution in [0.2, 0.25) is 0 Å². The van der Waals surface area contributed by atoms with Crippen molar-refractivity contribution in [1.29, 1.82) is 0 Å². The highest BCUT2D eigenvalue weighted by molar-refractivity contribution is 5.02. The molecule has 56 valence electrons. The summed E-state index contributed by atoms with van der Waals surface area (Å²) in [7, 11) is 0. The van der Waals surface area contributed by atoms with Gasteiger partial charge in [-0.2, -0.15) is 0 Å². The van der Waals surface area contributed by atoms with E-state index in [2.05, 4.69) is 12.2 Å². The minimum absolute atomic E-state index is 0.308. The molecule has 0 aromatic heterocycles. The molecule has 0 aliphatic heterocycles. The third kappa shape index (κ3) is 0.988. The largest absolute Gasteiger partial charge is 0.390 e. The van der Waals surface area contributed by atoms with Gasteiger partial charge in [0.1, 0.15) is 0 Å². The maximum Gasteiger partial charge on any atom is 0.0684 e. The Hall–Kier alpha value is -0.300. The molecule has 0 saturated heterocycles. The second-order valence-electron chi connectivity index (χ2n) is 3.74. The number of aliphatic hydroxyl groups is 1. The predicted molar refractivity (Wildman–Crippen MR) is 40.7 cm³/mol. The Labute approximate surface area is 61.8 Å². The third-order valence-corrected chi connectivity index (χ3v) is 2.82. The van der Waals surface area contributed by atoms with Crippen LogP contribution in [0.4, 0.5) is 0 Å². The molecule has 0 radical (unpaired) electrons. The van der Waals surface area contributed by atoms with Crippen molar-refractivity contribution in [3.05, 3.63) is 12.2 Å². The van der Waals surface area contributed by atoms with Gasteiger partial charge in [-0.25, -0.2) is 0 Å². The first-order valence-electron chi connectivity index (χ1n) is 4.16. The van der Waals surface area contributed by atoms with Crippen molar-refractivity contribution in [3.8, 4) is 0 Å².